The molecule has 0 saturated carbocycles. The number of hydrogen-bond acceptors (Lipinski definition) is 3. The molecule has 12 heavy (non-hydrogen) atoms. The van der Waals surface area contributed by atoms with E-state index in [0.29, 0.717) is 5.88 Å². The van der Waals surface area contributed by atoms with Crippen molar-refractivity contribution in [1.29, 1.82) is 0 Å². The van der Waals surface area contributed by atoms with Crippen LogP contribution < -0.4 is 10.1 Å². The summed E-state index contributed by atoms with van der Waals surface area (Å²) >= 11 is 3.35. The second kappa shape index (κ2) is 2.94. The monoisotopic (exact) mass is 228 g/mol. The predicted octanol–water partition coefficient (Wildman–Crippen LogP) is 2.04. The van der Waals surface area contributed by atoms with Gasteiger partial charge in [-0.1, -0.05) is 0 Å². The first kappa shape index (κ1) is 7.86. The van der Waals surface area contributed by atoms with E-state index in [-0.39, 0.29) is 6.10 Å². The Hall–Kier alpha value is -0.770. The molecule has 0 aromatic carbocycles. The maximum Gasteiger partial charge on any atom is 0.237 e. The molecule has 4 heteroatoms. The van der Waals surface area contributed by atoms with Crippen molar-refractivity contribution >= 4 is 21.6 Å². The van der Waals surface area contributed by atoms with Crippen molar-refractivity contribution in [3.8, 4) is 5.88 Å². The molecule has 0 amide bonds. The summed E-state index contributed by atoms with van der Waals surface area (Å²) in [5, 5.41) is 3.24. The molecular formula is C8H9BrN2O. The molecule has 0 spiro atoms. The maximum absolute atomic E-state index is 5.49. The van der Waals surface area contributed by atoms with Gasteiger partial charge in [0.2, 0.25) is 5.88 Å². The summed E-state index contributed by atoms with van der Waals surface area (Å²) in [6, 6.07) is 1.97. The van der Waals surface area contributed by atoms with Gasteiger partial charge in [0.15, 0.2) is 0 Å². The minimum Gasteiger partial charge on any atom is -0.471 e. The lowest BCUT2D eigenvalue weighted by Gasteiger charge is -2.23. The average molecular weight is 229 g/mol. The Morgan fingerprint density at radius 3 is 3.42 bits per heavy atom. The Morgan fingerprint density at radius 2 is 2.58 bits per heavy atom. The largest absolute Gasteiger partial charge is 0.471 e. The van der Waals surface area contributed by atoms with Gasteiger partial charge >= 0.3 is 0 Å². The highest BCUT2D eigenvalue weighted by Gasteiger charge is 2.15. The van der Waals surface area contributed by atoms with Crippen LogP contribution in [0.15, 0.2) is 16.7 Å². The van der Waals surface area contributed by atoms with Gasteiger partial charge in [-0.15, -0.1) is 0 Å². The molecule has 1 aromatic heterocycles. The molecule has 2 heterocycles. The second-order valence-electron chi connectivity index (χ2n) is 2.82. The van der Waals surface area contributed by atoms with Crippen molar-refractivity contribution in [3.63, 3.8) is 0 Å². The number of fused-ring (bicyclic) bond motifs is 1. The molecule has 1 aliphatic rings. The maximum atomic E-state index is 5.49. The van der Waals surface area contributed by atoms with Gasteiger partial charge in [0.05, 0.1) is 12.2 Å². The third-order valence-electron chi connectivity index (χ3n) is 1.71. The van der Waals surface area contributed by atoms with Gasteiger partial charge in [-0.25, -0.2) is 4.98 Å². The first-order valence-electron chi connectivity index (χ1n) is 3.82. The van der Waals surface area contributed by atoms with Crippen LogP contribution in [-0.4, -0.2) is 17.6 Å². The third kappa shape index (κ3) is 1.39. The highest BCUT2D eigenvalue weighted by molar-refractivity contribution is 9.10. The number of halogens is 1. The van der Waals surface area contributed by atoms with Crippen LogP contribution in [0.2, 0.25) is 0 Å². The highest BCUT2D eigenvalue weighted by atomic mass is 79.9. The van der Waals surface area contributed by atoms with Crippen molar-refractivity contribution < 1.29 is 4.74 Å². The van der Waals surface area contributed by atoms with E-state index in [2.05, 4.69) is 26.2 Å². The lowest BCUT2D eigenvalue weighted by Crippen LogP contribution is -2.28. The number of aromatic nitrogens is 1. The van der Waals surface area contributed by atoms with Gasteiger partial charge in [0.1, 0.15) is 6.10 Å². The standard InChI is InChI=1S/C8H9BrN2O/c1-5-3-10-7-2-6(9)4-11-8(7)12-5/h2,4-5,10H,3H2,1H3/t5-/m0/s1. The Bertz CT molecular complexity index is 303. The molecule has 1 aliphatic heterocycles. The number of rotatable bonds is 0. The highest BCUT2D eigenvalue weighted by Crippen LogP contribution is 2.28. The topological polar surface area (TPSA) is 34.2 Å². The molecule has 1 aromatic rings. The van der Waals surface area contributed by atoms with Gasteiger partial charge in [0, 0.05) is 10.7 Å². The Labute approximate surface area is 79.3 Å². The molecule has 2 rings (SSSR count). The summed E-state index contributed by atoms with van der Waals surface area (Å²) in [4.78, 5) is 4.14. The third-order valence-corrected chi connectivity index (χ3v) is 2.14. The van der Waals surface area contributed by atoms with Crippen LogP contribution in [0, 0.1) is 0 Å². The molecule has 0 fully saturated rings. The number of anilines is 1. The van der Waals surface area contributed by atoms with Crippen LogP contribution in [0.4, 0.5) is 5.69 Å². The van der Waals surface area contributed by atoms with Gasteiger partial charge in [-0.05, 0) is 28.9 Å². The lowest BCUT2D eigenvalue weighted by molar-refractivity contribution is 0.216. The molecule has 1 atom stereocenters. The second-order valence-corrected chi connectivity index (χ2v) is 3.73. The van der Waals surface area contributed by atoms with Crippen LogP contribution in [0.3, 0.4) is 0 Å². The minimum atomic E-state index is 0.200. The van der Waals surface area contributed by atoms with E-state index in [4.69, 9.17) is 4.74 Å². The molecule has 0 aliphatic carbocycles. The molecule has 1 N–H and O–H groups in total. The lowest BCUT2D eigenvalue weighted by atomic mass is 10.3. The van der Waals surface area contributed by atoms with Crippen LogP contribution in [0.25, 0.3) is 0 Å². The van der Waals surface area contributed by atoms with E-state index in [1.807, 2.05) is 13.0 Å². The number of ether oxygens (including phenoxy) is 1. The molecule has 0 saturated heterocycles. The van der Waals surface area contributed by atoms with Crippen molar-refractivity contribution in [2.45, 2.75) is 13.0 Å². The zero-order chi connectivity index (χ0) is 8.55. The smallest absolute Gasteiger partial charge is 0.237 e. The van der Waals surface area contributed by atoms with Crippen LogP contribution in [0.1, 0.15) is 6.92 Å². The van der Waals surface area contributed by atoms with Crippen molar-refractivity contribution in [2.75, 3.05) is 11.9 Å². The number of nitrogens with one attached hydrogen (secondary N) is 1. The van der Waals surface area contributed by atoms with Gasteiger partial charge in [-0.2, -0.15) is 0 Å². The van der Waals surface area contributed by atoms with Crippen molar-refractivity contribution in [3.05, 3.63) is 16.7 Å². The fourth-order valence-electron chi connectivity index (χ4n) is 1.13. The SMILES string of the molecule is C[C@H]1CNc2cc(Br)cnc2O1. The molecule has 0 bridgehead atoms. The van der Waals surface area contributed by atoms with E-state index in [0.717, 1.165) is 16.7 Å². The summed E-state index contributed by atoms with van der Waals surface area (Å²) in [6.45, 7) is 2.85. The van der Waals surface area contributed by atoms with Gasteiger partial charge < -0.3 is 10.1 Å². The zero-order valence-electron chi connectivity index (χ0n) is 6.67. The average Bonchev–Trinajstić information content (AvgIpc) is 2.05. The number of nitrogens with zero attached hydrogens (tertiary/aromatic N) is 1. The fourth-order valence-corrected chi connectivity index (χ4v) is 1.46. The van der Waals surface area contributed by atoms with Crippen LogP contribution >= 0.6 is 15.9 Å². The first-order valence-corrected chi connectivity index (χ1v) is 4.61. The summed E-state index contributed by atoms with van der Waals surface area (Å²) in [6.07, 6.45) is 1.93. The Morgan fingerprint density at radius 1 is 1.75 bits per heavy atom. The van der Waals surface area contributed by atoms with Gasteiger partial charge in [0.25, 0.3) is 0 Å². The Kier molecular flexibility index (Phi) is 1.92. The first-order chi connectivity index (χ1) is 5.75. The van der Waals surface area contributed by atoms with E-state index in [1.54, 1.807) is 6.20 Å². The van der Waals surface area contributed by atoms with Crippen molar-refractivity contribution in [1.82, 2.24) is 4.98 Å². The van der Waals surface area contributed by atoms with Gasteiger partial charge in [-0.3, -0.25) is 0 Å². The summed E-state index contributed by atoms with van der Waals surface area (Å²) in [7, 11) is 0. The normalized spacial score (nSPS) is 20.7. The van der Waals surface area contributed by atoms with E-state index >= 15 is 0 Å². The summed E-state index contributed by atoms with van der Waals surface area (Å²) < 4.78 is 6.46. The van der Waals surface area contributed by atoms with Crippen molar-refractivity contribution in [2.24, 2.45) is 0 Å². The van der Waals surface area contributed by atoms with Crippen LogP contribution in [-0.2, 0) is 0 Å². The summed E-state index contributed by atoms with van der Waals surface area (Å²) in [5.74, 6) is 0.692. The molecule has 3 nitrogen and oxygen atoms in total. The number of pyridine rings is 1. The predicted molar refractivity (Wildman–Crippen MR) is 50.5 cm³/mol. The van der Waals surface area contributed by atoms with Crippen LogP contribution in [0.5, 0.6) is 5.88 Å². The van der Waals surface area contributed by atoms with E-state index in [1.165, 1.54) is 0 Å². The Balaban J connectivity index is 2.37. The minimum absolute atomic E-state index is 0.200. The quantitative estimate of drug-likeness (QED) is 0.739. The molecule has 0 radical (unpaired) electrons. The molecule has 64 valence electrons. The van der Waals surface area contributed by atoms with E-state index < -0.39 is 0 Å². The summed E-state index contributed by atoms with van der Waals surface area (Å²) in [5.41, 5.74) is 0.961. The number of hydrogen-bond donors (Lipinski definition) is 1. The van der Waals surface area contributed by atoms with E-state index in [9.17, 15) is 0 Å². The zero-order valence-corrected chi connectivity index (χ0v) is 8.26. The molecular weight excluding hydrogens is 220 g/mol. The fraction of sp³-hybridized carbons (Fsp3) is 0.375. The molecule has 0 unspecified atom stereocenters.